The van der Waals surface area contributed by atoms with Gasteiger partial charge in [-0.3, -0.25) is 9.69 Å². The highest BCUT2D eigenvalue weighted by atomic mass is 19.3. The van der Waals surface area contributed by atoms with Crippen LogP contribution in [0.15, 0.2) is 36.4 Å². The Morgan fingerprint density at radius 3 is 2.03 bits per heavy atom. The third-order valence-electron chi connectivity index (χ3n) is 4.12. The molecule has 0 aliphatic carbocycles. The minimum absolute atomic E-state index is 0.231. The molecule has 14 heteroatoms. The van der Waals surface area contributed by atoms with Gasteiger partial charge in [0.05, 0.1) is 5.69 Å². The Balaban J connectivity index is 2.43. The third-order valence-corrected chi connectivity index (χ3v) is 4.12. The summed E-state index contributed by atoms with van der Waals surface area (Å²) in [6.45, 7) is -1.55. The van der Waals surface area contributed by atoms with Crippen molar-refractivity contribution in [1.82, 2.24) is 4.90 Å². The van der Waals surface area contributed by atoms with Gasteiger partial charge in [0.1, 0.15) is 36.4 Å². The number of benzene rings is 2. The number of ether oxygens (including phenoxy) is 3. The molecule has 2 aromatic rings. The van der Waals surface area contributed by atoms with Gasteiger partial charge in [-0.05, 0) is 24.3 Å². The zero-order valence-corrected chi connectivity index (χ0v) is 17.5. The summed E-state index contributed by atoms with van der Waals surface area (Å²) in [7, 11) is 2.14. The molecular formula is C20H17F7N2O5. The van der Waals surface area contributed by atoms with Gasteiger partial charge in [0, 0.05) is 20.3 Å². The molecule has 3 amide bonds. The van der Waals surface area contributed by atoms with Gasteiger partial charge in [0.2, 0.25) is 0 Å². The van der Waals surface area contributed by atoms with E-state index in [1.165, 1.54) is 0 Å². The zero-order valence-electron chi connectivity index (χ0n) is 17.5. The molecule has 34 heavy (non-hydrogen) atoms. The van der Waals surface area contributed by atoms with Crippen LogP contribution < -0.4 is 9.64 Å². The molecule has 0 saturated heterocycles. The van der Waals surface area contributed by atoms with Gasteiger partial charge in [0.25, 0.3) is 5.91 Å². The van der Waals surface area contributed by atoms with Gasteiger partial charge < -0.3 is 14.2 Å². The maximum absolute atomic E-state index is 14.6. The van der Waals surface area contributed by atoms with Crippen molar-refractivity contribution in [2.24, 2.45) is 0 Å². The fraction of sp³-hybridized carbons (Fsp3) is 0.300. The molecule has 0 spiro atoms. The summed E-state index contributed by atoms with van der Waals surface area (Å²) in [6, 6.07) is 2.81. The SMILES string of the molecule is COCN(C(=O)c1c(F)cccc1F)C(=O)N(COC)c1ccc(OC(F)(F)C(F)F)cc1F. The smallest absolute Gasteiger partial charge is 0.428 e. The first-order valence-corrected chi connectivity index (χ1v) is 9.14. The van der Waals surface area contributed by atoms with Crippen molar-refractivity contribution in [1.29, 1.82) is 0 Å². The van der Waals surface area contributed by atoms with Gasteiger partial charge in [-0.25, -0.2) is 22.9 Å². The monoisotopic (exact) mass is 498 g/mol. The molecule has 0 radical (unpaired) electrons. The minimum Gasteiger partial charge on any atom is -0.428 e. The van der Waals surface area contributed by atoms with Crippen LogP contribution in [0, 0.1) is 17.5 Å². The molecule has 0 N–H and O–H groups in total. The number of amides is 3. The van der Waals surface area contributed by atoms with Crippen LogP contribution in [0.1, 0.15) is 10.4 Å². The van der Waals surface area contributed by atoms with Crippen LogP contribution in [0.25, 0.3) is 0 Å². The summed E-state index contributed by atoms with van der Waals surface area (Å²) in [5, 5.41) is 0. The molecule has 0 fully saturated rings. The fourth-order valence-electron chi connectivity index (χ4n) is 2.64. The summed E-state index contributed by atoms with van der Waals surface area (Å²) >= 11 is 0. The van der Waals surface area contributed by atoms with Gasteiger partial charge in [-0.2, -0.15) is 17.6 Å². The Hall–Kier alpha value is -3.39. The van der Waals surface area contributed by atoms with E-state index in [1.54, 1.807) is 0 Å². The summed E-state index contributed by atoms with van der Waals surface area (Å²) in [4.78, 5) is 26.5. The average Bonchev–Trinajstić information content (AvgIpc) is 2.75. The highest BCUT2D eigenvalue weighted by molar-refractivity contribution is 6.09. The second-order valence-electron chi connectivity index (χ2n) is 6.45. The van der Waals surface area contributed by atoms with Gasteiger partial charge >= 0.3 is 18.6 Å². The van der Waals surface area contributed by atoms with Crippen LogP contribution in [-0.2, 0) is 9.47 Å². The number of methoxy groups -OCH3 is 2. The number of anilines is 1. The Morgan fingerprint density at radius 2 is 1.53 bits per heavy atom. The van der Waals surface area contributed by atoms with E-state index in [4.69, 9.17) is 9.47 Å². The number of rotatable bonds is 9. The predicted octanol–water partition coefficient (Wildman–Crippen LogP) is 4.62. The Bertz CT molecular complexity index is 1020. The molecule has 0 bridgehead atoms. The first-order valence-electron chi connectivity index (χ1n) is 9.14. The number of carbonyl (C=O) groups is 2. The second-order valence-corrected chi connectivity index (χ2v) is 6.45. The first kappa shape index (κ1) is 26.9. The van der Waals surface area contributed by atoms with Crippen LogP contribution in [0.4, 0.5) is 41.2 Å². The van der Waals surface area contributed by atoms with Crippen LogP contribution in [0.5, 0.6) is 5.75 Å². The van der Waals surface area contributed by atoms with Crippen molar-refractivity contribution in [3.8, 4) is 5.75 Å². The van der Waals surface area contributed by atoms with E-state index < -0.39 is 72.4 Å². The van der Waals surface area contributed by atoms with Crippen LogP contribution in [0.3, 0.4) is 0 Å². The van der Waals surface area contributed by atoms with E-state index in [2.05, 4.69) is 4.74 Å². The molecule has 0 heterocycles. The Morgan fingerprint density at radius 1 is 0.941 bits per heavy atom. The number of halogens is 7. The lowest BCUT2D eigenvalue weighted by atomic mass is 10.1. The average molecular weight is 498 g/mol. The lowest BCUT2D eigenvalue weighted by Gasteiger charge is -2.29. The van der Waals surface area contributed by atoms with Gasteiger partial charge in [-0.1, -0.05) is 6.07 Å². The number of nitrogens with zero attached hydrogens (tertiary/aromatic N) is 2. The topological polar surface area (TPSA) is 68.3 Å². The fourth-order valence-corrected chi connectivity index (χ4v) is 2.64. The highest BCUT2D eigenvalue weighted by Crippen LogP contribution is 2.31. The van der Waals surface area contributed by atoms with E-state index in [1.807, 2.05) is 0 Å². The van der Waals surface area contributed by atoms with Crippen LogP contribution in [-0.4, -0.2) is 57.1 Å². The van der Waals surface area contributed by atoms with Crippen LogP contribution in [0.2, 0.25) is 0 Å². The number of alkyl halides is 4. The molecule has 0 aliphatic heterocycles. The molecule has 0 aromatic heterocycles. The van der Waals surface area contributed by atoms with Crippen molar-refractivity contribution in [3.05, 3.63) is 59.4 Å². The van der Waals surface area contributed by atoms with E-state index in [9.17, 15) is 40.3 Å². The van der Waals surface area contributed by atoms with Crippen molar-refractivity contribution in [2.45, 2.75) is 12.5 Å². The number of hydrogen-bond donors (Lipinski definition) is 0. The summed E-state index contributed by atoms with van der Waals surface area (Å²) in [6.07, 6.45) is -9.11. The van der Waals surface area contributed by atoms with Crippen molar-refractivity contribution < 1.29 is 54.5 Å². The lowest BCUT2D eigenvalue weighted by Crippen LogP contribution is -2.48. The quantitative estimate of drug-likeness (QED) is 0.373. The maximum Gasteiger partial charge on any atom is 0.461 e. The minimum atomic E-state index is -4.92. The van der Waals surface area contributed by atoms with Crippen LogP contribution >= 0.6 is 0 Å². The third kappa shape index (κ3) is 5.94. The van der Waals surface area contributed by atoms with Crippen molar-refractivity contribution in [2.75, 3.05) is 32.6 Å². The number of hydrogen-bond acceptors (Lipinski definition) is 5. The Labute approximate surface area is 188 Å². The predicted molar refractivity (Wildman–Crippen MR) is 102 cm³/mol. The number of imide groups is 1. The van der Waals surface area contributed by atoms with Gasteiger partial charge in [0.15, 0.2) is 5.82 Å². The standard InChI is InChI=1S/C20H17F7N2O5/c1-32-9-28(15-7-6-11(8-14(15)23)34-20(26,27)18(24)25)19(31)29(10-33-2)17(30)16-12(21)4-3-5-13(16)22/h3-8,18H,9-10H2,1-2H3. The molecule has 2 rings (SSSR count). The maximum atomic E-state index is 14.6. The lowest BCUT2D eigenvalue weighted by molar-refractivity contribution is -0.253. The molecule has 0 aliphatic rings. The van der Waals surface area contributed by atoms with Crippen molar-refractivity contribution in [3.63, 3.8) is 0 Å². The number of carbonyl (C=O) groups excluding carboxylic acids is 2. The van der Waals surface area contributed by atoms with E-state index in [-0.39, 0.29) is 4.90 Å². The molecule has 2 aromatic carbocycles. The molecule has 0 saturated carbocycles. The van der Waals surface area contributed by atoms with E-state index in [0.717, 1.165) is 32.4 Å². The largest absolute Gasteiger partial charge is 0.461 e. The molecule has 0 atom stereocenters. The zero-order chi connectivity index (χ0) is 25.6. The highest BCUT2D eigenvalue weighted by Gasteiger charge is 2.44. The number of urea groups is 1. The Kier molecular flexibility index (Phi) is 8.81. The van der Waals surface area contributed by atoms with E-state index >= 15 is 0 Å². The normalized spacial score (nSPS) is 11.5. The molecule has 0 unspecified atom stereocenters. The molecule has 186 valence electrons. The first-order chi connectivity index (χ1) is 15.9. The molecule has 7 nitrogen and oxygen atoms in total. The van der Waals surface area contributed by atoms with E-state index in [0.29, 0.717) is 23.1 Å². The summed E-state index contributed by atoms with van der Waals surface area (Å²) in [5.41, 5.74) is -1.76. The van der Waals surface area contributed by atoms with Crippen molar-refractivity contribution >= 4 is 17.6 Å². The summed E-state index contributed by atoms with van der Waals surface area (Å²) in [5.74, 6) is -6.44. The molecular weight excluding hydrogens is 481 g/mol. The second kappa shape index (κ2) is 11.2. The van der Waals surface area contributed by atoms with Gasteiger partial charge in [-0.15, -0.1) is 0 Å². The summed E-state index contributed by atoms with van der Waals surface area (Å²) < 4.78 is 107.